The first-order valence-electron chi connectivity index (χ1n) is 10.4. The van der Waals surface area contributed by atoms with Crippen molar-refractivity contribution in [2.45, 2.75) is 43.6 Å². The average molecular weight is 548 g/mol. The monoisotopic (exact) mass is 547 g/mol. The van der Waals surface area contributed by atoms with Crippen LogP contribution in [0.5, 0.6) is 5.75 Å². The van der Waals surface area contributed by atoms with Gasteiger partial charge in [-0.15, -0.1) is 0 Å². The van der Waals surface area contributed by atoms with Gasteiger partial charge < -0.3 is 20.1 Å². The zero-order chi connectivity index (χ0) is 26.3. The van der Waals surface area contributed by atoms with Crippen LogP contribution in [0.3, 0.4) is 0 Å². The molecule has 2 atom stereocenters. The molecule has 0 saturated heterocycles. The lowest BCUT2D eigenvalue weighted by Gasteiger charge is -2.26. The van der Waals surface area contributed by atoms with E-state index in [1.807, 2.05) is 0 Å². The Hall–Kier alpha value is -1.78. The number of aliphatic hydroxyl groups is 1. The summed E-state index contributed by atoms with van der Waals surface area (Å²) in [5.74, 6) is -0.421. The van der Waals surface area contributed by atoms with Crippen LogP contribution < -0.4 is 10.5 Å². The van der Waals surface area contributed by atoms with E-state index in [4.69, 9.17) is 26.6 Å². The quantitative estimate of drug-likeness (QED) is 0.202. The van der Waals surface area contributed by atoms with Gasteiger partial charge in [-0.25, -0.2) is 0 Å². The van der Waals surface area contributed by atoms with Gasteiger partial charge in [-0.1, -0.05) is 17.7 Å². The third kappa shape index (κ3) is 8.99. The fraction of sp³-hybridized carbons (Fsp3) is 0.455. The van der Waals surface area contributed by atoms with Crippen LogP contribution in [0.4, 0.5) is 26.3 Å². The summed E-state index contributed by atoms with van der Waals surface area (Å²) in [6.45, 7) is -0.887. The van der Waals surface area contributed by atoms with Crippen LogP contribution in [0.25, 0.3) is 0 Å². The van der Waals surface area contributed by atoms with Crippen LogP contribution in [-0.4, -0.2) is 30.5 Å². The summed E-state index contributed by atoms with van der Waals surface area (Å²) in [5.41, 5.74) is 3.31. The van der Waals surface area contributed by atoms with Crippen molar-refractivity contribution in [3.63, 3.8) is 0 Å². The number of rotatable bonds is 12. The molecule has 0 amide bonds. The molecular formula is C22H25ClF6NO4P. The van der Waals surface area contributed by atoms with Crippen molar-refractivity contribution < 1.29 is 45.3 Å². The third-order valence-corrected chi connectivity index (χ3v) is 5.91. The average Bonchev–Trinajstić information content (AvgIpc) is 2.79. The number of aliphatic hydroxyl groups excluding tert-OH is 1. The molecule has 0 aliphatic carbocycles. The predicted octanol–water partition coefficient (Wildman–Crippen LogP) is 5.70. The van der Waals surface area contributed by atoms with Gasteiger partial charge >= 0.3 is 12.4 Å². The number of benzene rings is 2. The molecule has 0 spiro atoms. The fourth-order valence-electron chi connectivity index (χ4n) is 3.26. The Kier molecular flexibility index (Phi) is 10.5. The molecule has 0 bridgehead atoms. The maximum atomic E-state index is 13.6. The van der Waals surface area contributed by atoms with Gasteiger partial charge in [0.1, 0.15) is 5.75 Å². The minimum atomic E-state index is -4.72. The number of aryl methyl sites for hydroxylation is 2. The maximum absolute atomic E-state index is 13.6. The summed E-state index contributed by atoms with van der Waals surface area (Å²) >= 11 is 5.94. The van der Waals surface area contributed by atoms with E-state index in [1.165, 1.54) is 6.07 Å². The van der Waals surface area contributed by atoms with Crippen molar-refractivity contribution >= 4 is 20.3 Å². The molecule has 0 radical (unpaired) electrons. The van der Waals surface area contributed by atoms with Gasteiger partial charge in [-0.3, -0.25) is 4.57 Å². The van der Waals surface area contributed by atoms with E-state index in [0.29, 0.717) is 0 Å². The lowest BCUT2D eigenvalue weighted by molar-refractivity contribution is -0.139. The standard InChI is InChI=1S/C22H25ClF6NO4P/c23-18-5-4-16(21(24,25)26)11-15(18)2-1-9-33-19-6-3-14(10-17(19)22(27,28)29)7-8-20(30,12-31)13-34-35-32/h3-6,10-11,31H,1-2,7-9,12-13,30,35H2. The Balaban J connectivity index is 2.05. The second kappa shape index (κ2) is 12.5. The fourth-order valence-corrected chi connectivity index (χ4v) is 3.87. The highest BCUT2D eigenvalue weighted by atomic mass is 35.5. The second-order valence-electron chi connectivity index (χ2n) is 8.01. The number of alkyl halides is 6. The highest BCUT2D eigenvalue weighted by Gasteiger charge is 2.35. The Morgan fingerprint density at radius 3 is 2.31 bits per heavy atom. The van der Waals surface area contributed by atoms with Crippen molar-refractivity contribution in [2.24, 2.45) is 5.73 Å². The van der Waals surface area contributed by atoms with Crippen molar-refractivity contribution in [1.82, 2.24) is 0 Å². The van der Waals surface area contributed by atoms with Crippen LogP contribution in [0.15, 0.2) is 36.4 Å². The highest BCUT2D eigenvalue weighted by Crippen LogP contribution is 2.37. The van der Waals surface area contributed by atoms with E-state index in [2.05, 4.69) is 0 Å². The molecule has 3 N–H and O–H groups in total. The first-order chi connectivity index (χ1) is 16.3. The van der Waals surface area contributed by atoms with E-state index >= 15 is 0 Å². The van der Waals surface area contributed by atoms with Gasteiger partial charge in [0.15, 0.2) is 8.69 Å². The number of hydrogen-bond donors (Lipinski definition) is 2. The lowest BCUT2D eigenvalue weighted by Crippen LogP contribution is -2.47. The SMILES string of the molecule is NC(CO)(CCc1ccc(OCCCc2cc(C(F)(F)F)ccc2Cl)c(C(F)(F)F)c1)CO[PH2]=O. The van der Waals surface area contributed by atoms with E-state index in [9.17, 15) is 36.0 Å². The Morgan fingerprint density at radius 1 is 1.00 bits per heavy atom. The van der Waals surface area contributed by atoms with Crippen LogP contribution in [0.1, 0.15) is 35.1 Å². The van der Waals surface area contributed by atoms with Crippen LogP contribution in [0.2, 0.25) is 5.02 Å². The Labute approximate surface area is 204 Å². The molecule has 2 aromatic rings. The molecular weight excluding hydrogens is 523 g/mol. The van der Waals surface area contributed by atoms with E-state index in [1.54, 1.807) is 0 Å². The summed E-state index contributed by atoms with van der Waals surface area (Å²) in [4.78, 5) is 0. The molecule has 0 saturated carbocycles. The van der Waals surface area contributed by atoms with E-state index in [0.717, 1.165) is 30.3 Å². The largest absolute Gasteiger partial charge is 0.493 e. The van der Waals surface area contributed by atoms with Gasteiger partial charge in [-0.05, 0) is 67.1 Å². The summed E-state index contributed by atoms with van der Waals surface area (Å²) in [6, 6.07) is 6.38. The van der Waals surface area contributed by atoms with Crippen LogP contribution in [-0.2, 0) is 34.3 Å². The third-order valence-electron chi connectivity index (χ3n) is 5.24. The van der Waals surface area contributed by atoms with E-state index < -0.39 is 50.1 Å². The first-order valence-corrected chi connectivity index (χ1v) is 11.7. The number of nitrogens with two attached hydrogens (primary N) is 1. The molecule has 0 aliphatic heterocycles. The summed E-state index contributed by atoms with van der Waals surface area (Å²) < 4.78 is 100. The normalized spacial score (nSPS) is 14.4. The molecule has 0 aromatic heterocycles. The Morgan fingerprint density at radius 2 is 1.71 bits per heavy atom. The van der Waals surface area contributed by atoms with Gasteiger partial charge in [0, 0.05) is 5.02 Å². The predicted molar refractivity (Wildman–Crippen MR) is 120 cm³/mol. The van der Waals surface area contributed by atoms with Crippen molar-refractivity contribution in [1.29, 1.82) is 0 Å². The van der Waals surface area contributed by atoms with Gasteiger partial charge in [0.25, 0.3) is 0 Å². The second-order valence-corrected chi connectivity index (χ2v) is 8.94. The zero-order valence-electron chi connectivity index (χ0n) is 18.4. The first kappa shape index (κ1) is 29.5. The summed E-state index contributed by atoms with van der Waals surface area (Å²) in [6.07, 6.45) is -8.88. The van der Waals surface area contributed by atoms with Crippen molar-refractivity contribution in [3.8, 4) is 5.75 Å². The maximum Gasteiger partial charge on any atom is 0.419 e. The molecule has 2 unspecified atom stereocenters. The molecule has 196 valence electrons. The van der Waals surface area contributed by atoms with Crippen molar-refractivity contribution in [3.05, 3.63) is 63.7 Å². The number of ether oxygens (including phenoxy) is 1. The molecule has 5 nitrogen and oxygen atoms in total. The van der Waals surface area contributed by atoms with E-state index in [-0.39, 0.29) is 55.0 Å². The molecule has 2 rings (SSSR count). The van der Waals surface area contributed by atoms with Gasteiger partial charge in [-0.2, -0.15) is 26.3 Å². The Bertz CT molecular complexity index is 1000. The zero-order valence-corrected chi connectivity index (χ0v) is 20.3. The summed E-state index contributed by atoms with van der Waals surface area (Å²) in [7, 11) is -1.54. The highest BCUT2D eigenvalue weighted by molar-refractivity contribution is 7.17. The molecule has 0 aliphatic rings. The molecule has 0 fully saturated rings. The summed E-state index contributed by atoms with van der Waals surface area (Å²) in [5, 5.41) is 9.56. The van der Waals surface area contributed by atoms with Crippen LogP contribution >= 0.6 is 20.3 Å². The lowest BCUT2D eigenvalue weighted by atomic mass is 9.93. The molecule has 35 heavy (non-hydrogen) atoms. The molecule has 13 heteroatoms. The molecule has 0 heterocycles. The number of halogens is 7. The van der Waals surface area contributed by atoms with Gasteiger partial charge in [0.2, 0.25) is 0 Å². The number of hydrogen-bond acceptors (Lipinski definition) is 5. The van der Waals surface area contributed by atoms with Crippen molar-refractivity contribution in [2.75, 3.05) is 19.8 Å². The minimum Gasteiger partial charge on any atom is -0.493 e. The minimum absolute atomic E-state index is 0.0784. The van der Waals surface area contributed by atoms with Crippen LogP contribution in [0, 0.1) is 0 Å². The molecule has 2 aromatic carbocycles. The van der Waals surface area contributed by atoms with Gasteiger partial charge in [0.05, 0.1) is 36.5 Å². The smallest absolute Gasteiger partial charge is 0.419 e. The topological polar surface area (TPSA) is 81.8 Å².